The highest BCUT2D eigenvalue weighted by molar-refractivity contribution is 6.31. The third-order valence-corrected chi connectivity index (χ3v) is 11.0. The fourth-order valence-corrected chi connectivity index (χ4v) is 8.81. The summed E-state index contributed by atoms with van der Waals surface area (Å²) in [5.41, 5.74) is 11.1. The molecular formula is C45H29FN4. The molecule has 0 aliphatic heterocycles. The molecule has 0 N–H and O–H groups in total. The van der Waals surface area contributed by atoms with Gasteiger partial charge in [-0.2, -0.15) is 0 Å². The van der Waals surface area contributed by atoms with Gasteiger partial charge >= 0.3 is 0 Å². The Balaban J connectivity index is 1.42. The molecule has 0 bridgehead atoms. The van der Waals surface area contributed by atoms with E-state index in [2.05, 4.69) is 120 Å². The van der Waals surface area contributed by atoms with Gasteiger partial charge in [-0.3, -0.25) is 4.57 Å². The summed E-state index contributed by atoms with van der Waals surface area (Å²) in [6.45, 7) is 4.69. The molecule has 0 radical (unpaired) electrons. The molecule has 0 atom stereocenters. The van der Waals surface area contributed by atoms with E-state index in [-0.39, 0.29) is 11.1 Å². The lowest BCUT2D eigenvalue weighted by Crippen LogP contribution is -2.15. The smallest absolute Gasteiger partial charge is 0.235 e. The lowest BCUT2D eigenvalue weighted by atomic mass is 9.81. The normalized spacial score (nSPS) is 13.7. The maximum Gasteiger partial charge on any atom is 0.235 e. The van der Waals surface area contributed by atoms with Crippen LogP contribution in [0.4, 0.5) is 4.39 Å². The first-order valence-corrected chi connectivity index (χ1v) is 17.0. The number of nitrogens with zero attached hydrogens (tertiary/aromatic N) is 4. The zero-order valence-electron chi connectivity index (χ0n) is 27.4. The van der Waals surface area contributed by atoms with Crippen LogP contribution in [0.3, 0.4) is 0 Å². The molecule has 0 saturated carbocycles. The summed E-state index contributed by atoms with van der Waals surface area (Å²) >= 11 is 0. The summed E-state index contributed by atoms with van der Waals surface area (Å²) < 4.78 is 20.1. The van der Waals surface area contributed by atoms with Crippen molar-refractivity contribution in [2.75, 3.05) is 0 Å². The molecule has 4 nitrogen and oxygen atoms in total. The Hall–Kier alpha value is -6.33. The molecule has 5 heteroatoms. The van der Waals surface area contributed by atoms with Crippen molar-refractivity contribution in [3.63, 3.8) is 0 Å². The third-order valence-electron chi connectivity index (χ3n) is 11.0. The molecular weight excluding hydrogens is 616 g/mol. The Morgan fingerprint density at radius 2 is 1.20 bits per heavy atom. The van der Waals surface area contributed by atoms with Gasteiger partial charge in [0.2, 0.25) is 5.95 Å². The molecule has 0 spiro atoms. The number of hydrogen-bond acceptors (Lipinski definition) is 2. The van der Waals surface area contributed by atoms with Gasteiger partial charge in [0.1, 0.15) is 5.69 Å². The van der Waals surface area contributed by atoms with E-state index >= 15 is 4.39 Å². The van der Waals surface area contributed by atoms with Gasteiger partial charge in [-0.1, -0.05) is 123 Å². The SMILES string of the molecule is CC1(C)c2cccc3c4cccc5c4c4c(c6cc(-c7ccccc7)ccc6n4c4cccc1c4c23)n5-c1ncc(F)c(-c2ccccc2)n1. The van der Waals surface area contributed by atoms with Crippen LogP contribution < -0.4 is 0 Å². The van der Waals surface area contributed by atoms with E-state index in [1.165, 1.54) is 38.9 Å². The van der Waals surface area contributed by atoms with Gasteiger partial charge < -0.3 is 4.40 Å². The van der Waals surface area contributed by atoms with Gasteiger partial charge in [-0.05, 0) is 62.7 Å². The summed E-state index contributed by atoms with van der Waals surface area (Å²) in [6, 6.07) is 46.9. The van der Waals surface area contributed by atoms with Crippen LogP contribution in [-0.2, 0) is 5.41 Å². The van der Waals surface area contributed by atoms with Gasteiger partial charge in [-0.25, -0.2) is 14.4 Å². The van der Waals surface area contributed by atoms with Crippen molar-refractivity contribution >= 4 is 59.9 Å². The fourth-order valence-electron chi connectivity index (χ4n) is 8.81. The molecule has 236 valence electrons. The Morgan fingerprint density at radius 1 is 0.540 bits per heavy atom. The highest BCUT2D eigenvalue weighted by atomic mass is 19.1. The van der Waals surface area contributed by atoms with Gasteiger partial charge in [0.05, 0.1) is 33.8 Å². The minimum Gasteiger partial charge on any atom is -0.306 e. The van der Waals surface area contributed by atoms with Crippen molar-refractivity contribution in [1.82, 2.24) is 18.9 Å². The van der Waals surface area contributed by atoms with Crippen LogP contribution in [0.2, 0.25) is 0 Å². The number of rotatable bonds is 3. The second kappa shape index (κ2) is 9.64. The molecule has 11 rings (SSSR count). The molecule has 0 unspecified atom stereocenters. The van der Waals surface area contributed by atoms with Crippen LogP contribution in [0.15, 0.2) is 140 Å². The van der Waals surface area contributed by atoms with Crippen molar-refractivity contribution in [3.05, 3.63) is 157 Å². The van der Waals surface area contributed by atoms with Crippen LogP contribution >= 0.6 is 0 Å². The van der Waals surface area contributed by atoms with Crippen molar-refractivity contribution in [3.8, 4) is 28.3 Å². The topological polar surface area (TPSA) is 35.1 Å². The average Bonchev–Trinajstić information content (AvgIpc) is 3.75. The molecule has 0 saturated heterocycles. The predicted molar refractivity (Wildman–Crippen MR) is 203 cm³/mol. The van der Waals surface area contributed by atoms with E-state index in [4.69, 9.17) is 9.97 Å². The summed E-state index contributed by atoms with van der Waals surface area (Å²) in [4.78, 5) is 9.68. The lowest BCUT2D eigenvalue weighted by Gasteiger charge is -2.21. The largest absolute Gasteiger partial charge is 0.306 e. The molecule has 50 heavy (non-hydrogen) atoms. The Kier molecular flexibility index (Phi) is 5.32. The number of aromatic nitrogens is 4. The van der Waals surface area contributed by atoms with Crippen molar-refractivity contribution in [1.29, 1.82) is 0 Å². The summed E-state index contributed by atoms with van der Waals surface area (Å²) in [5.74, 6) is -0.0188. The standard InChI is InChI=1S/C45H29FN4/c1-45(2)32-18-9-16-29-30-17-10-20-36-39(30)43-42(50(36)44-47-25-34(46)41(48-44)27-14-7-4-8-15-27)31-24-28(26-12-5-3-6-13-26)22-23-35(31)49(43)37-21-11-19-33(45)40(37)38(29)32/h3-25H,1-2H3. The van der Waals surface area contributed by atoms with Crippen molar-refractivity contribution < 1.29 is 4.39 Å². The van der Waals surface area contributed by atoms with Crippen LogP contribution in [0.25, 0.3) is 88.2 Å². The minimum absolute atomic E-state index is 0.156. The highest BCUT2D eigenvalue weighted by Crippen LogP contribution is 2.51. The molecule has 4 aromatic heterocycles. The highest BCUT2D eigenvalue weighted by Gasteiger charge is 2.35. The quantitative estimate of drug-likeness (QED) is 0.192. The molecule has 6 aromatic carbocycles. The van der Waals surface area contributed by atoms with Gasteiger partial charge in [0, 0.05) is 27.1 Å². The van der Waals surface area contributed by atoms with Gasteiger partial charge in [-0.15, -0.1) is 0 Å². The molecule has 0 amide bonds. The average molecular weight is 645 g/mol. The number of hydrogen-bond donors (Lipinski definition) is 0. The third kappa shape index (κ3) is 3.43. The Bertz CT molecular complexity index is 3060. The van der Waals surface area contributed by atoms with E-state index in [0.717, 1.165) is 49.5 Å². The van der Waals surface area contributed by atoms with Gasteiger partial charge in [0.25, 0.3) is 0 Å². The lowest BCUT2D eigenvalue weighted by molar-refractivity contribution is 0.616. The van der Waals surface area contributed by atoms with Crippen LogP contribution in [0.1, 0.15) is 25.0 Å². The molecule has 10 aromatic rings. The second-order valence-electron chi connectivity index (χ2n) is 14.0. The zero-order chi connectivity index (χ0) is 33.3. The predicted octanol–water partition coefficient (Wildman–Crippen LogP) is 11.4. The second-order valence-corrected chi connectivity index (χ2v) is 14.0. The molecule has 1 aliphatic carbocycles. The first-order chi connectivity index (χ1) is 24.5. The first-order valence-electron chi connectivity index (χ1n) is 17.0. The number of fused-ring (bicyclic) bond motifs is 5. The Labute approximate surface area is 286 Å². The molecule has 0 fully saturated rings. The molecule has 1 aliphatic rings. The van der Waals surface area contributed by atoms with Crippen LogP contribution in [-0.4, -0.2) is 18.9 Å². The van der Waals surface area contributed by atoms with E-state index in [1.807, 2.05) is 36.4 Å². The Morgan fingerprint density at radius 3 is 1.98 bits per heavy atom. The van der Waals surface area contributed by atoms with E-state index in [9.17, 15) is 0 Å². The number of benzene rings is 6. The van der Waals surface area contributed by atoms with Crippen LogP contribution in [0.5, 0.6) is 0 Å². The fraction of sp³-hybridized carbons (Fsp3) is 0.0667. The summed E-state index contributed by atoms with van der Waals surface area (Å²) in [7, 11) is 0. The maximum absolute atomic E-state index is 15.5. The summed E-state index contributed by atoms with van der Waals surface area (Å²) in [5, 5.41) is 7.18. The first kappa shape index (κ1) is 27.6. The zero-order valence-corrected chi connectivity index (χ0v) is 27.4. The van der Waals surface area contributed by atoms with E-state index in [0.29, 0.717) is 11.5 Å². The molecule has 4 heterocycles. The van der Waals surface area contributed by atoms with Gasteiger partial charge in [0.15, 0.2) is 5.82 Å². The maximum atomic E-state index is 15.5. The number of halogens is 1. The van der Waals surface area contributed by atoms with Crippen molar-refractivity contribution in [2.45, 2.75) is 19.3 Å². The van der Waals surface area contributed by atoms with Crippen LogP contribution in [0, 0.1) is 5.82 Å². The minimum atomic E-state index is -0.451. The summed E-state index contributed by atoms with van der Waals surface area (Å²) in [6.07, 6.45) is 1.31. The van der Waals surface area contributed by atoms with Crippen molar-refractivity contribution in [2.24, 2.45) is 0 Å². The monoisotopic (exact) mass is 644 g/mol. The van der Waals surface area contributed by atoms with E-state index < -0.39 is 5.82 Å². The van der Waals surface area contributed by atoms with E-state index in [1.54, 1.807) is 0 Å².